The van der Waals surface area contributed by atoms with Crippen LogP contribution in [0.3, 0.4) is 0 Å². The van der Waals surface area contributed by atoms with Crippen LogP contribution in [0.15, 0.2) is 6.07 Å². The first-order chi connectivity index (χ1) is 12.2. The average Bonchev–Trinajstić information content (AvgIpc) is 2.45. The monoisotopic (exact) mass is 391 g/mol. The number of carbonyl (C=O) groups excluding carboxylic acids is 2. The molecule has 0 heterocycles. The van der Waals surface area contributed by atoms with Crippen LogP contribution in [-0.2, 0) is 9.47 Å². The van der Waals surface area contributed by atoms with E-state index in [0.717, 1.165) is 0 Å². The third kappa shape index (κ3) is 7.36. The lowest BCUT2D eigenvalue weighted by atomic mass is 10.1. The van der Waals surface area contributed by atoms with Gasteiger partial charge in [-0.25, -0.2) is 22.8 Å². The zero-order chi connectivity index (χ0) is 21.0. The summed E-state index contributed by atoms with van der Waals surface area (Å²) in [4.78, 5) is 23.7. The zero-order valence-corrected chi connectivity index (χ0v) is 16.2. The predicted octanol–water partition coefficient (Wildman–Crippen LogP) is 3.96. The molecule has 0 saturated heterocycles. The molecule has 0 saturated carbocycles. The van der Waals surface area contributed by atoms with E-state index in [1.54, 1.807) is 20.8 Å². The van der Waals surface area contributed by atoms with Gasteiger partial charge in [-0.3, -0.25) is 0 Å². The van der Waals surface area contributed by atoms with Crippen LogP contribution in [0.4, 0.5) is 18.0 Å². The normalized spacial score (nSPS) is 11.7. The Kier molecular flexibility index (Phi) is 7.11. The highest BCUT2D eigenvalue weighted by molar-refractivity contribution is 5.93. The first-order valence-electron chi connectivity index (χ1n) is 8.22. The fourth-order valence-corrected chi connectivity index (χ4v) is 1.83. The summed E-state index contributed by atoms with van der Waals surface area (Å²) in [7, 11) is 0. The number of hydrogen-bond donors (Lipinski definition) is 1. The molecule has 1 aromatic carbocycles. The van der Waals surface area contributed by atoms with Gasteiger partial charge in [-0.2, -0.15) is 0 Å². The summed E-state index contributed by atoms with van der Waals surface area (Å²) in [5, 5.41) is 2.37. The number of amides is 1. The summed E-state index contributed by atoms with van der Waals surface area (Å²) < 4.78 is 56.3. The quantitative estimate of drug-likeness (QED) is 0.467. The lowest BCUT2D eigenvalue weighted by Crippen LogP contribution is -2.34. The molecule has 1 N–H and O–H groups in total. The van der Waals surface area contributed by atoms with E-state index in [1.165, 1.54) is 20.8 Å². The van der Waals surface area contributed by atoms with Gasteiger partial charge >= 0.3 is 12.1 Å². The molecule has 0 fully saturated rings. The molecule has 152 valence electrons. The Balaban J connectivity index is 2.88. The summed E-state index contributed by atoms with van der Waals surface area (Å²) >= 11 is 0. The van der Waals surface area contributed by atoms with E-state index in [-0.39, 0.29) is 13.2 Å². The standard InChI is InChI=1S/C18H24F3NO5/c1-17(2,3)26-15(23)12-11(9-10(19)13(20)14(12)21)25-8-7-22-16(24)27-18(4,5)6/h9H,7-8H2,1-6H3,(H,22,24). The number of ether oxygens (including phenoxy) is 3. The van der Waals surface area contributed by atoms with E-state index < -0.39 is 52.0 Å². The summed E-state index contributed by atoms with van der Waals surface area (Å²) in [5.41, 5.74) is -2.54. The fourth-order valence-electron chi connectivity index (χ4n) is 1.83. The van der Waals surface area contributed by atoms with Crippen LogP contribution in [0.2, 0.25) is 0 Å². The summed E-state index contributed by atoms with van der Waals surface area (Å²) in [6.07, 6.45) is -0.713. The van der Waals surface area contributed by atoms with E-state index in [4.69, 9.17) is 14.2 Å². The van der Waals surface area contributed by atoms with Crippen molar-refractivity contribution in [1.82, 2.24) is 5.32 Å². The minimum absolute atomic E-state index is 0.0801. The predicted molar refractivity (Wildman–Crippen MR) is 91.2 cm³/mol. The van der Waals surface area contributed by atoms with Crippen molar-refractivity contribution < 1.29 is 37.0 Å². The van der Waals surface area contributed by atoms with Crippen LogP contribution in [0.25, 0.3) is 0 Å². The second-order valence-corrected chi connectivity index (χ2v) is 7.64. The molecule has 1 amide bonds. The molecule has 0 unspecified atom stereocenters. The lowest BCUT2D eigenvalue weighted by Gasteiger charge is -2.21. The fraction of sp³-hybridized carbons (Fsp3) is 0.556. The number of alkyl carbamates (subject to hydrolysis) is 1. The highest BCUT2D eigenvalue weighted by Gasteiger charge is 2.29. The Hall–Kier alpha value is -2.45. The van der Waals surface area contributed by atoms with Crippen molar-refractivity contribution in [3.63, 3.8) is 0 Å². The first-order valence-corrected chi connectivity index (χ1v) is 8.22. The van der Waals surface area contributed by atoms with Gasteiger partial charge in [-0.15, -0.1) is 0 Å². The number of halogens is 3. The largest absolute Gasteiger partial charge is 0.491 e. The maximum atomic E-state index is 14.1. The van der Waals surface area contributed by atoms with Crippen LogP contribution in [0.5, 0.6) is 5.75 Å². The minimum Gasteiger partial charge on any atom is -0.491 e. The summed E-state index contributed by atoms with van der Waals surface area (Å²) in [6, 6.07) is 0.547. The lowest BCUT2D eigenvalue weighted by molar-refractivity contribution is 0.00585. The van der Waals surface area contributed by atoms with E-state index in [2.05, 4.69) is 5.32 Å². The maximum Gasteiger partial charge on any atom is 0.407 e. The Morgan fingerprint density at radius 3 is 2.04 bits per heavy atom. The van der Waals surface area contributed by atoms with Gasteiger partial charge in [0.05, 0.1) is 6.54 Å². The van der Waals surface area contributed by atoms with Gasteiger partial charge < -0.3 is 19.5 Å². The van der Waals surface area contributed by atoms with Gasteiger partial charge in [-0.1, -0.05) is 0 Å². The van der Waals surface area contributed by atoms with Crippen LogP contribution in [-0.4, -0.2) is 36.4 Å². The number of hydrogen-bond acceptors (Lipinski definition) is 5. The van der Waals surface area contributed by atoms with Gasteiger partial charge in [0, 0.05) is 6.07 Å². The van der Waals surface area contributed by atoms with Crippen molar-refractivity contribution >= 4 is 12.1 Å². The van der Waals surface area contributed by atoms with Crippen LogP contribution < -0.4 is 10.1 Å². The van der Waals surface area contributed by atoms with E-state index >= 15 is 0 Å². The molecule has 0 atom stereocenters. The molecule has 1 aromatic rings. The SMILES string of the molecule is CC(C)(C)OC(=O)NCCOc1cc(F)c(F)c(F)c1C(=O)OC(C)(C)C. The van der Waals surface area contributed by atoms with Crippen molar-refractivity contribution in [2.75, 3.05) is 13.2 Å². The van der Waals surface area contributed by atoms with Crippen molar-refractivity contribution in [1.29, 1.82) is 0 Å². The number of carbonyl (C=O) groups is 2. The second kappa shape index (κ2) is 8.49. The van der Waals surface area contributed by atoms with Crippen LogP contribution in [0, 0.1) is 17.5 Å². The molecular formula is C18H24F3NO5. The molecule has 0 bridgehead atoms. The van der Waals surface area contributed by atoms with Crippen molar-refractivity contribution in [2.45, 2.75) is 52.7 Å². The highest BCUT2D eigenvalue weighted by atomic mass is 19.2. The van der Waals surface area contributed by atoms with Crippen molar-refractivity contribution in [3.8, 4) is 5.75 Å². The molecule has 0 spiro atoms. The Morgan fingerprint density at radius 1 is 0.963 bits per heavy atom. The van der Waals surface area contributed by atoms with E-state index in [9.17, 15) is 22.8 Å². The molecule has 27 heavy (non-hydrogen) atoms. The van der Waals surface area contributed by atoms with Gasteiger partial charge in [0.15, 0.2) is 17.5 Å². The molecular weight excluding hydrogens is 367 g/mol. The molecule has 0 aromatic heterocycles. The van der Waals surface area contributed by atoms with Gasteiger partial charge in [0.25, 0.3) is 0 Å². The third-order valence-corrected chi connectivity index (χ3v) is 2.76. The second-order valence-electron chi connectivity index (χ2n) is 7.64. The number of benzene rings is 1. The molecule has 1 rings (SSSR count). The Labute approximate surface area is 156 Å². The topological polar surface area (TPSA) is 73.9 Å². The molecule has 9 heteroatoms. The number of rotatable bonds is 5. The van der Waals surface area contributed by atoms with E-state index in [1.807, 2.05) is 0 Å². The van der Waals surface area contributed by atoms with Gasteiger partial charge in [-0.05, 0) is 41.5 Å². The van der Waals surface area contributed by atoms with Crippen LogP contribution in [0.1, 0.15) is 51.9 Å². The summed E-state index contributed by atoms with van der Waals surface area (Å²) in [5.74, 6) is -6.77. The smallest absolute Gasteiger partial charge is 0.407 e. The van der Waals surface area contributed by atoms with Gasteiger partial charge in [0.2, 0.25) is 0 Å². The Bertz CT molecular complexity index is 708. The molecule has 0 aliphatic carbocycles. The average molecular weight is 391 g/mol. The van der Waals surface area contributed by atoms with Crippen molar-refractivity contribution in [2.24, 2.45) is 0 Å². The third-order valence-electron chi connectivity index (χ3n) is 2.76. The van der Waals surface area contributed by atoms with Crippen molar-refractivity contribution in [3.05, 3.63) is 29.1 Å². The zero-order valence-electron chi connectivity index (χ0n) is 16.2. The minimum atomic E-state index is -1.81. The Morgan fingerprint density at radius 2 is 1.52 bits per heavy atom. The number of esters is 1. The molecule has 0 aliphatic rings. The summed E-state index contributed by atoms with van der Waals surface area (Å²) in [6.45, 7) is 9.32. The van der Waals surface area contributed by atoms with Gasteiger partial charge in [0.1, 0.15) is 29.1 Å². The number of nitrogens with one attached hydrogen (secondary N) is 1. The van der Waals surface area contributed by atoms with E-state index in [0.29, 0.717) is 6.07 Å². The maximum absolute atomic E-state index is 14.1. The first kappa shape index (κ1) is 22.6. The molecule has 0 radical (unpaired) electrons. The molecule has 6 nitrogen and oxygen atoms in total. The highest BCUT2D eigenvalue weighted by Crippen LogP contribution is 2.28. The molecule has 0 aliphatic heterocycles. The van der Waals surface area contributed by atoms with Crippen LogP contribution >= 0.6 is 0 Å².